The van der Waals surface area contributed by atoms with Crippen molar-refractivity contribution in [1.82, 2.24) is 10.2 Å². The van der Waals surface area contributed by atoms with Gasteiger partial charge in [-0.15, -0.1) is 0 Å². The molecule has 4 amide bonds. The molecule has 2 N–H and O–H groups in total. The summed E-state index contributed by atoms with van der Waals surface area (Å²) in [7, 11) is 0. The van der Waals surface area contributed by atoms with Crippen LogP contribution in [0.15, 0.2) is 24.3 Å². The molecule has 25 heavy (non-hydrogen) atoms. The van der Waals surface area contributed by atoms with Crippen molar-refractivity contribution < 1.29 is 14.4 Å². The van der Waals surface area contributed by atoms with Crippen LogP contribution in [0.4, 0.5) is 10.5 Å². The Balaban J connectivity index is 1.57. The average Bonchev–Trinajstić information content (AvgIpc) is 3.40. The Labute approximate surface area is 148 Å². The fourth-order valence-corrected chi connectivity index (χ4v) is 3.28. The molecule has 0 bridgehead atoms. The first-order valence-corrected chi connectivity index (χ1v) is 8.97. The van der Waals surface area contributed by atoms with Crippen LogP contribution in [0.5, 0.6) is 0 Å². The van der Waals surface area contributed by atoms with E-state index in [0.29, 0.717) is 5.69 Å². The molecule has 1 aromatic rings. The molecule has 1 unspecified atom stereocenters. The van der Waals surface area contributed by atoms with Gasteiger partial charge in [0, 0.05) is 5.69 Å². The number of nitrogens with zero attached hydrogens (tertiary/aromatic N) is 1. The lowest BCUT2D eigenvalue weighted by Gasteiger charge is -2.20. The summed E-state index contributed by atoms with van der Waals surface area (Å²) in [4.78, 5) is 37.8. The van der Waals surface area contributed by atoms with Crippen LogP contribution in [0.3, 0.4) is 0 Å². The topological polar surface area (TPSA) is 78.5 Å². The van der Waals surface area contributed by atoms with Crippen molar-refractivity contribution in [2.45, 2.75) is 51.5 Å². The van der Waals surface area contributed by atoms with Gasteiger partial charge in [-0.05, 0) is 56.2 Å². The van der Waals surface area contributed by atoms with E-state index in [9.17, 15) is 14.4 Å². The average molecular weight is 343 g/mol. The van der Waals surface area contributed by atoms with E-state index >= 15 is 0 Å². The summed E-state index contributed by atoms with van der Waals surface area (Å²) in [5, 5.41) is 5.50. The van der Waals surface area contributed by atoms with Crippen molar-refractivity contribution in [3.8, 4) is 0 Å². The Bertz CT molecular complexity index is 682. The zero-order valence-electron chi connectivity index (χ0n) is 14.8. The van der Waals surface area contributed by atoms with E-state index < -0.39 is 11.6 Å². The molecule has 0 aromatic heterocycles. The highest BCUT2D eigenvalue weighted by Gasteiger charge is 2.56. The molecule has 1 saturated carbocycles. The maximum absolute atomic E-state index is 12.5. The number of hydrogen-bond acceptors (Lipinski definition) is 3. The van der Waals surface area contributed by atoms with Crippen LogP contribution in [0, 0.1) is 5.92 Å². The molecule has 1 saturated heterocycles. The third-order valence-corrected chi connectivity index (χ3v) is 5.05. The molecule has 0 radical (unpaired) electrons. The van der Waals surface area contributed by atoms with Gasteiger partial charge in [-0.3, -0.25) is 14.5 Å². The SMILES string of the molecule is CCCCc1ccc(NC(=O)CN2C(=O)NC(C)(C3CC3)C2=O)cc1. The molecule has 6 heteroatoms. The molecule has 1 aromatic carbocycles. The van der Waals surface area contributed by atoms with Crippen molar-refractivity contribution in [2.24, 2.45) is 5.92 Å². The third kappa shape index (κ3) is 3.67. The van der Waals surface area contributed by atoms with Crippen molar-refractivity contribution >= 4 is 23.5 Å². The number of carbonyl (C=O) groups is 3. The fraction of sp³-hybridized carbons (Fsp3) is 0.526. The van der Waals surface area contributed by atoms with Crippen molar-refractivity contribution in [3.63, 3.8) is 0 Å². The maximum Gasteiger partial charge on any atom is 0.325 e. The van der Waals surface area contributed by atoms with E-state index in [-0.39, 0.29) is 24.3 Å². The predicted molar refractivity (Wildman–Crippen MR) is 95.1 cm³/mol. The quantitative estimate of drug-likeness (QED) is 0.747. The minimum Gasteiger partial charge on any atom is -0.325 e. The highest BCUT2D eigenvalue weighted by Crippen LogP contribution is 2.42. The van der Waals surface area contributed by atoms with Crippen LogP contribution in [0.1, 0.15) is 45.1 Å². The van der Waals surface area contributed by atoms with Crippen LogP contribution < -0.4 is 10.6 Å². The predicted octanol–water partition coefficient (Wildman–Crippen LogP) is 2.69. The van der Waals surface area contributed by atoms with Crippen molar-refractivity contribution in [2.75, 3.05) is 11.9 Å². The van der Waals surface area contributed by atoms with Gasteiger partial charge in [-0.1, -0.05) is 25.5 Å². The lowest BCUT2D eigenvalue weighted by molar-refractivity contribution is -0.134. The van der Waals surface area contributed by atoms with Crippen LogP contribution in [0.2, 0.25) is 0 Å². The molecule has 1 aliphatic heterocycles. The fourth-order valence-electron chi connectivity index (χ4n) is 3.28. The summed E-state index contributed by atoms with van der Waals surface area (Å²) in [5.41, 5.74) is 1.05. The minimum atomic E-state index is -0.849. The molecule has 1 aliphatic carbocycles. The zero-order valence-corrected chi connectivity index (χ0v) is 14.8. The molecule has 2 fully saturated rings. The number of nitrogens with one attached hydrogen (secondary N) is 2. The molecular weight excluding hydrogens is 318 g/mol. The van der Waals surface area contributed by atoms with Crippen molar-refractivity contribution in [3.05, 3.63) is 29.8 Å². The highest BCUT2D eigenvalue weighted by molar-refractivity contribution is 6.10. The number of benzene rings is 1. The second-order valence-electron chi connectivity index (χ2n) is 7.15. The van der Waals surface area contributed by atoms with Gasteiger partial charge in [0.25, 0.3) is 5.91 Å². The highest BCUT2D eigenvalue weighted by atomic mass is 16.2. The summed E-state index contributed by atoms with van der Waals surface area (Å²) in [6, 6.07) is 7.20. The molecule has 2 aliphatic rings. The van der Waals surface area contributed by atoms with Crippen LogP contribution in [0.25, 0.3) is 0 Å². The summed E-state index contributed by atoms with van der Waals surface area (Å²) >= 11 is 0. The second kappa shape index (κ2) is 6.86. The van der Waals surface area contributed by atoms with Gasteiger partial charge in [-0.2, -0.15) is 0 Å². The zero-order chi connectivity index (χ0) is 18.0. The molecule has 1 atom stereocenters. The van der Waals surface area contributed by atoms with E-state index in [4.69, 9.17) is 0 Å². The smallest absolute Gasteiger partial charge is 0.325 e. The Kier molecular flexibility index (Phi) is 4.79. The van der Waals surface area contributed by atoms with Gasteiger partial charge in [0.15, 0.2) is 0 Å². The van der Waals surface area contributed by atoms with E-state index in [2.05, 4.69) is 17.6 Å². The standard InChI is InChI=1S/C19H25N3O3/c1-3-4-5-13-6-10-15(11-7-13)20-16(23)12-22-17(24)19(2,14-8-9-14)21-18(22)25/h6-7,10-11,14H,3-5,8-9,12H2,1-2H3,(H,20,23)(H,21,25). The van der Waals surface area contributed by atoms with Gasteiger partial charge in [0.1, 0.15) is 12.1 Å². The Hall–Kier alpha value is -2.37. The third-order valence-electron chi connectivity index (χ3n) is 5.05. The van der Waals surface area contributed by atoms with E-state index in [1.165, 1.54) is 5.56 Å². The monoisotopic (exact) mass is 343 g/mol. The number of carbonyl (C=O) groups excluding carboxylic acids is 3. The first-order chi connectivity index (χ1) is 11.9. The molecule has 134 valence electrons. The van der Waals surface area contributed by atoms with E-state index in [1.807, 2.05) is 24.3 Å². The Morgan fingerprint density at radius 1 is 1.28 bits per heavy atom. The Morgan fingerprint density at radius 2 is 1.96 bits per heavy atom. The van der Waals surface area contributed by atoms with Gasteiger partial charge in [-0.25, -0.2) is 4.79 Å². The maximum atomic E-state index is 12.5. The number of urea groups is 1. The van der Waals surface area contributed by atoms with Gasteiger partial charge in [0.2, 0.25) is 5.91 Å². The lowest BCUT2D eigenvalue weighted by atomic mass is 9.96. The molecule has 0 spiro atoms. The lowest BCUT2D eigenvalue weighted by Crippen LogP contribution is -2.46. The van der Waals surface area contributed by atoms with E-state index in [0.717, 1.165) is 37.0 Å². The van der Waals surface area contributed by atoms with Crippen molar-refractivity contribution in [1.29, 1.82) is 0 Å². The molecule has 3 rings (SSSR count). The van der Waals surface area contributed by atoms with Crippen LogP contribution >= 0.6 is 0 Å². The number of anilines is 1. The summed E-state index contributed by atoms with van der Waals surface area (Å²) in [6.45, 7) is 3.64. The second-order valence-corrected chi connectivity index (χ2v) is 7.15. The first-order valence-electron chi connectivity index (χ1n) is 8.97. The summed E-state index contributed by atoms with van der Waals surface area (Å²) in [5.74, 6) is -0.484. The summed E-state index contributed by atoms with van der Waals surface area (Å²) < 4.78 is 0. The number of imide groups is 1. The number of rotatable bonds is 7. The molecule has 1 heterocycles. The van der Waals surface area contributed by atoms with E-state index in [1.54, 1.807) is 6.92 Å². The number of unbranched alkanes of at least 4 members (excludes halogenated alkanes) is 1. The molecular formula is C19H25N3O3. The van der Waals surface area contributed by atoms with Gasteiger partial charge >= 0.3 is 6.03 Å². The van der Waals surface area contributed by atoms with Crippen LogP contribution in [-0.4, -0.2) is 34.8 Å². The van der Waals surface area contributed by atoms with Crippen LogP contribution in [-0.2, 0) is 16.0 Å². The number of hydrogen-bond donors (Lipinski definition) is 2. The molecule has 6 nitrogen and oxygen atoms in total. The largest absolute Gasteiger partial charge is 0.325 e. The normalized spacial score (nSPS) is 22.9. The minimum absolute atomic E-state index is 0.188. The first kappa shape index (κ1) is 17.5. The van der Waals surface area contributed by atoms with Gasteiger partial charge < -0.3 is 10.6 Å². The summed E-state index contributed by atoms with van der Waals surface area (Å²) in [6.07, 6.45) is 5.18. The Morgan fingerprint density at radius 3 is 2.56 bits per heavy atom. The van der Waals surface area contributed by atoms with Gasteiger partial charge in [0.05, 0.1) is 0 Å². The number of aryl methyl sites for hydroxylation is 1. The number of amides is 4.